The summed E-state index contributed by atoms with van der Waals surface area (Å²) in [4.78, 5) is 0. The van der Waals surface area contributed by atoms with Gasteiger partial charge in [-0.1, -0.05) is 0 Å². The number of hydrogen-bond acceptors (Lipinski definition) is 2. The van der Waals surface area contributed by atoms with E-state index < -0.39 is 13.9 Å². The minimum absolute atomic E-state index is 0.0663. The Balaban J connectivity index is 1.88. The number of hydrogen-bond donors (Lipinski definition) is 0. The number of benzene rings is 4. The quantitative estimate of drug-likeness (QED) is 0.260. The number of rotatable bonds is 9. The first kappa shape index (κ1) is 23.7. The third kappa shape index (κ3) is 5.04. The van der Waals surface area contributed by atoms with Crippen molar-refractivity contribution in [3.63, 3.8) is 0 Å². The average molecular weight is 470 g/mol. The molecular weight excluding hydrogens is 440 g/mol. The van der Waals surface area contributed by atoms with Crippen LogP contribution in [-0.2, 0) is 6.16 Å². The van der Waals surface area contributed by atoms with Crippen molar-refractivity contribution in [3.05, 3.63) is 126 Å². The normalized spacial score (nSPS) is 12.5. The van der Waals surface area contributed by atoms with Gasteiger partial charge < -0.3 is 0 Å². The third-order valence-corrected chi connectivity index (χ3v) is 12.1. The summed E-state index contributed by atoms with van der Waals surface area (Å²) in [5.41, 5.74) is 3.32. The Morgan fingerprint density at radius 2 is 1.44 bits per heavy atom. The van der Waals surface area contributed by atoms with Gasteiger partial charge in [0.25, 0.3) is 0 Å². The fourth-order valence-electron chi connectivity index (χ4n) is 4.86. The van der Waals surface area contributed by atoms with E-state index in [-0.39, 0.29) is 12.3 Å². The molecule has 0 aliphatic rings. The average Bonchev–Trinajstić information content (AvgIpc) is 2.91. The maximum absolute atomic E-state index is 12.5. The van der Waals surface area contributed by atoms with Crippen LogP contribution in [0.3, 0.4) is 0 Å². The van der Waals surface area contributed by atoms with Gasteiger partial charge in [-0.2, -0.15) is 0 Å². The van der Waals surface area contributed by atoms with Crippen molar-refractivity contribution in [2.45, 2.75) is 18.7 Å². The van der Waals surface area contributed by atoms with Gasteiger partial charge in [-0.3, -0.25) is 0 Å². The molecule has 4 heteroatoms. The van der Waals surface area contributed by atoms with Crippen LogP contribution in [0.15, 0.2) is 109 Å². The van der Waals surface area contributed by atoms with Crippen molar-refractivity contribution in [1.29, 1.82) is 5.26 Å². The summed E-state index contributed by atoms with van der Waals surface area (Å²) >= 11 is 0. The van der Waals surface area contributed by atoms with Crippen LogP contribution in [0.1, 0.15) is 29.3 Å². The molecule has 0 spiro atoms. The third-order valence-electron chi connectivity index (χ3n) is 6.58. The summed E-state index contributed by atoms with van der Waals surface area (Å²) < 4.78 is 18.0. The molecule has 0 saturated heterocycles. The van der Waals surface area contributed by atoms with E-state index in [4.69, 9.17) is 4.74 Å². The number of nitrogens with zero attached hydrogens (tertiary/aromatic N) is 1. The van der Waals surface area contributed by atoms with Crippen LogP contribution in [-0.4, -0.2) is 13.3 Å². The first-order valence-electron chi connectivity index (χ1n) is 11.6. The molecule has 0 bridgehead atoms. The van der Waals surface area contributed by atoms with Crippen molar-refractivity contribution < 1.29 is 9.13 Å². The van der Waals surface area contributed by atoms with E-state index in [2.05, 4.69) is 91.9 Å². The van der Waals surface area contributed by atoms with E-state index in [0.717, 1.165) is 6.16 Å². The van der Waals surface area contributed by atoms with E-state index in [1.165, 1.54) is 21.7 Å². The van der Waals surface area contributed by atoms with Crippen molar-refractivity contribution in [3.8, 4) is 11.8 Å². The van der Waals surface area contributed by atoms with E-state index >= 15 is 0 Å². The van der Waals surface area contributed by atoms with Crippen LogP contribution in [0.25, 0.3) is 0 Å². The molecule has 0 radical (unpaired) electrons. The molecule has 4 aromatic carbocycles. The van der Waals surface area contributed by atoms with Gasteiger partial charge in [0.05, 0.1) is 0 Å². The van der Waals surface area contributed by atoms with E-state index in [1.807, 2.05) is 30.3 Å². The van der Waals surface area contributed by atoms with Crippen LogP contribution < -0.4 is 15.3 Å². The zero-order valence-corrected chi connectivity index (χ0v) is 20.3. The Hall–Kier alpha value is -3.47. The molecule has 34 heavy (non-hydrogen) atoms. The molecular formula is C30H29FNOP. The number of nitriles is 1. The van der Waals surface area contributed by atoms with Gasteiger partial charge in [0.2, 0.25) is 0 Å². The fraction of sp³-hybridized carbons (Fsp3) is 0.167. The van der Waals surface area contributed by atoms with Gasteiger partial charge >= 0.3 is 202 Å². The molecule has 0 unspecified atom stereocenters. The Bertz CT molecular complexity index is 1200. The Morgan fingerprint density at radius 3 is 2.00 bits per heavy atom. The number of alkyl halides is 1. The first-order chi connectivity index (χ1) is 16.7. The van der Waals surface area contributed by atoms with Crippen molar-refractivity contribution in [1.82, 2.24) is 0 Å². The van der Waals surface area contributed by atoms with E-state index in [1.54, 1.807) is 0 Å². The predicted molar refractivity (Wildman–Crippen MR) is 142 cm³/mol. The molecule has 1 atom stereocenters. The summed E-state index contributed by atoms with van der Waals surface area (Å²) in [6.07, 6.45) is 0.873. The molecule has 0 fully saturated rings. The second kappa shape index (κ2) is 11.1. The Kier molecular flexibility index (Phi) is 7.73. The van der Waals surface area contributed by atoms with Crippen LogP contribution in [0.4, 0.5) is 4.39 Å². The Morgan fingerprint density at radius 1 is 0.824 bits per heavy atom. The van der Waals surface area contributed by atoms with Crippen LogP contribution in [0, 0.1) is 11.3 Å². The van der Waals surface area contributed by atoms with Crippen LogP contribution in [0.2, 0.25) is 0 Å². The zero-order valence-electron chi connectivity index (χ0n) is 19.3. The molecule has 0 N–H and O–H groups in total. The van der Waals surface area contributed by atoms with E-state index in [9.17, 15) is 9.65 Å². The second-order valence-electron chi connectivity index (χ2n) is 8.52. The SMILES string of the molecule is C[C@@H](c1ccc(OCCF)cc1)[PH](Cc1cccc(C#N)c1)(c1ccccc1)c1ccccc1. The zero-order chi connectivity index (χ0) is 23.8. The molecule has 0 amide bonds. The van der Waals surface area contributed by atoms with Crippen LogP contribution >= 0.6 is 7.26 Å². The van der Waals surface area contributed by atoms with Crippen molar-refractivity contribution >= 4 is 17.9 Å². The monoisotopic (exact) mass is 469 g/mol. The first-order valence-corrected chi connectivity index (χ1v) is 13.8. The molecule has 172 valence electrons. The van der Waals surface area contributed by atoms with Gasteiger partial charge in [0.15, 0.2) is 0 Å². The summed E-state index contributed by atoms with van der Waals surface area (Å²) in [6, 6.07) is 40.0. The molecule has 0 saturated carbocycles. The summed E-state index contributed by atoms with van der Waals surface area (Å²) in [6.45, 7) is 1.88. The van der Waals surface area contributed by atoms with Gasteiger partial charge in [-0.05, 0) is 0 Å². The maximum atomic E-state index is 12.5. The second-order valence-corrected chi connectivity index (χ2v) is 12.8. The molecule has 4 aromatic rings. The fourth-order valence-corrected chi connectivity index (χ4v) is 10.1. The van der Waals surface area contributed by atoms with Gasteiger partial charge in [0.1, 0.15) is 0 Å². The molecule has 2 nitrogen and oxygen atoms in total. The summed E-state index contributed by atoms with van der Waals surface area (Å²) in [5, 5.41) is 12.2. The van der Waals surface area contributed by atoms with Gasteiger partial charge in [-0.15, -0.1) is 0 Å². The van der Waals surface area contributed by atoms with Crippen LogP contribution in [0.5, 0.6) is 5.75 Å². The minimum atomic E-state index is -2.42. The van der Waals surface area contributed by atoms with Gasteiger partial charge in [-0.25, -0.2) is 0 Å². The molecule has 0 heterocycles. The molecule has 0 aliphatic heterocycles. The predicted octanol–water partition coefficient (Wildman–Crippen LogP) is 6.57. The summed E-state index contributed by atoms with van der Waals surface area (Å²) in [5.74, 6) is 0.682. The Labute approximate surface area is 202 Å². The molecule has 0 aromatic heterocycles. The number of ether oxygens (including phenoxy) is 1. The van der Waals surface area contributed by atoms with Gasteiger partial charge in [0, 0.05) is 0 Å². The van der Waals surface area contributed by atoms with Crippen molar-refractivity contribution in [2.75, 3.05) is 13.3 Å². The topological polar surface area (TPSA) is 33.0 Å². The summed E-state index contributed by atoms with van der Waals surface area (Å²) in [7, 11) is -2.42. The standard InChI is InChI=1S/C30H29FNOP/c1-24(27-15-17-28(18-16-27)33-20-19-31)34(29-11-4-2-5-12-29,30-13-6-3-7-14-30)23-26-10-8-9-25(21-26)22-32/h2-18,21,24,34H,19-20,23H2,1H3/t24-/m0/s1. The molecule has 0 aliphatic carbocycles. The number of halogens is 1. The van der Waals surface area contributed by atoms with Crippen molar-refractivity contribution in [2.24, 2.45) is 0 Å². The van der Waals surface area contributed by atoms with E-state index in [0.29, 0.717) is 11.3 Å². The molecule has 4 rings (SSSR count).